The summed E-state index contributed by atoms with van der Waals surface area (Å²) < 4.78 is 26.7. The number of benzene rings is 1. The van der Waals surface area contributed by atoms with E-state index in [1.807, 2.05) is 18.7 Å². The van der Waals surface area contributed by atoms with Crippen LogP contribution in [0.2, 0.25) is 0 Å². The van der Waals surface area contributed by atoms with Crippen molar-refractivity contribution in [2.24, 2.45) is 5.92 Å². The molecule has 1 unspecified atom stereocenters. The standard InChI is InChI=1S/C15H20F2N2O/c1-10(2)15(20)18-12-4-3-7-19(9-12)14-6-5-11(16)8-13(14)17/h5-6,8,10,12H,3-4,7,9H2,1-2H3,(H,18,20). The van der Waals surface area contributed by atoms with Gasteiger partial charge < -0.3 is 10.2 Å². The van der Waals surface area contributed by atoms with Crippen molar-refractivity contribution in [1.82, 2.24) is 5.32 Å². The van der Waals surface area contributed by atoms with Crippen molar-refractivity contribution >= 4 is 11.6 Å². The van der Waals surface area contributed by atoms with Crippen LogP contribution < -0.4 is 10.2 Å². The van der Waals surface area contributed by atoms with Gasteiger partial charge in [-0.3, -0.25) is 4.79 Å². The molecule has 1 N–H and O–H groups in total. The molecule has 0 aromatic heterocycles. The number of halogens is 2. The first-order chi connectivity index (χ1) is 9.47. The summed E-state index contributed by atoms with van der Waals surface area (Å²) in [6, 6.07) is 3.63. The van der Waals surface area contributed by atoms with Crippen LogP contribution in [0.15, 0.2) is 18.2 Å². The minimum atomic E-state index is -0.576. The second-order valence-electron chi connectivity index (χ2n) is 5.54. The Morgan fingerprint density at radius 3 is 2.80 bits per heavy atom. The van der Waals surface area contributed by atoms with Gasteiger partial charge in [0.25, 0.3) is 0 Å². The van der Waals surface area contributed by atoms with Crippen molar-refractivity contribution < 1.29 is 13.6 Å². The largest absolute Gasteiger partial charge is 0.367 e. The van der Waals surface area contributed by atoms with Crippen molar-refractivity contribution in [1.29, 1.82) is 0 Å². The quantitative estimate of drug-likeness (QED) is 0.924. The minimum Gasteiger partial charge on any atom is -0.367 e. The summed E-state index contributed by atoms with van der Waals surface area (Å²) in [5, 5.41) is 2.97. The molecule has 1 aromatic carbocycles. The Labute approximate surface area is 118 Å². The molecule has 1 fully saturated rings. The van der Waals surface area contributed by atoms with E-state index in [1.165, 1.54) is 12.1 Å². The van der Waals surface area contributed by atoms with Crippen molar-refractivity contribution in [3.05, 3.63) is 29.8 Å². The first kappa shape index (κ1) is 14.8. The van der Waals surface area contributed by atoms with Crippen LogP contribution in [0.3, 0.4) is 0 Å². The number of anilines is 1. The number of carbonyl (C=O) groups excluding carboxylic acids is 1. The highest BCUT2D eigenvalue weighted by molar-refractivity contribution is 5.78. The Morgan fingerprint density at radius 2 is 2.15 bits per heavy atom. The SMILES string of the molecule is CC(C)C(=O)NC1CCCN(c2ccc(F)cc2F)C1. The predicted molar refractivity (Wildman–Crippen MR) is 74.6 cm³/mol. The molecule has 1 aromatic rings. The summed E-state index contributed by atoms with van der Waals surface area (Å²) in [6.07, 6.45) is 1.76. The maximum atomic E-state index is 13.8. The topological polar surface area (TPSA) is 32.3 Å². The summed E-state index contributed by atoms with van der Waals surface area (Å²) in [7, 11) is 0. The Balaban J connectivity index is 2.05. The molecule has 1 aliphatic rings. The lowest BCUT2D eigenvalue weighted by Crippen LogP contribution is -2.49. The summed E-state index contributed by atoms with van der Waals surface area (Å²) in [5.41, 5.74) is 0.398. The van der Waals surface area contributed by atoms with Crippen LogP contribution in [-0.4, -0.2) is 25.0 Å². The van der Waals surface area contributed by atoms with Gasteiger partial charge in [0.15, 0.2) is 0 Å². The van der Waals surface area contributed by atoms with Gasteiger partial charge in [-0.1, -0.05) is 13.8 Å². The van der Waals surface area contributed by atoms with E-state index in [9.17, 15) is 13.6 Å². The van der Waals surface area contributed by atoms with Gasteiger partial charge in [-0.2, -0.15) is 0 Å². The Kier molecular flexibility index (Phi) is 4.57. The fraction of sp³-hybridized carbons (Fsp3) is 0.533. The number of hydrogen-bond acceptors (Lipinski definition) is 2. The average molecular weight is 282 g/mol. The van der Waals surface area contributed by atoms with Crippen LogP contribution in [0.5, 0.6) is 0 Å². The average Bonchev–Trinajstić information content (AvgIpc) is 2.38. The minimum absolute atomic E-state index is 0.0106. The summed E-state index contributed by atoms with van der Waals surface area (Å²) in [5.74, 6) is -1.18. The van der Waals surface area contributed by atoms with E-state index in [4.69, 9.17) is 0 Å². The lowest BCUT2D eigenvalue weighted by Gasteiger charge is -2.35. The van der Waals surface area contributed by atoms with E-state index in [2.05, 4.69) is 5.32 Å². The second-order valence-corrected chi connectivity index (χ2v) is 5.54. The van der Waals surface area contributed by atoms with Gasteiger partial charge in [-0.05, 0) is 25.0 Å². The van der Waals surface area contributed by atoms with E-state index >= 15 is 0 Å². The first-order valence-corrected chi connectivity index (χ1v) is 6.97. The third-order valence-corrected chi connectivity index (χ3v) is 3.54. The number of piperidine rings is 1. The summed E-state index contributed by atoms with van der Waals surface area (Å²) >= 11 is 0. The van der Waals surface area contributed by atoms with Gasteiger partial charge in [0, 0.05) is 31.1 Å². The maximum Gasteiger partial charge on any atom is 0.222 e. The van der Waals surface area contributed by atoms with Crippen molar-refractivity contribution in [2.45, 2.75) is 32.7 Å². The van der Waals surface area contributed by atoms with Crippen molar-refractivity contribution in [3.8, 4) is 0 Å². The molecule has 2 rings (SSSR count). The number of carbonyl (C=O) groups is 1. The molecule has 1 amide bonds. The highest BCUT2D eigenvalue weighted by atomic mass is 19.1. The number of rotatable bonds is 3. The van der Waals surface area contributed by atoms with Gasteiger partial charge in [-0.25, -0.2) is 8.78 Å². The van der Waals surface area contributed by atoms with Gasteiger partial charge in [0.1, 0.15) is 11.6 Å². The van der Waals surface area contributed by atoms with E-state index in [0.29, 0.717) is 12.2 Å². The van der Waals surface area contributed by atoms with Crippen LogP contribution in [-0.2, 0) is 4.79 Å². The third-order valence-electron chi connectivity index (χ3n) is 3.54. The Hall–Kier alpha value is -1.65. The normalized spacial score (nSPS) is 19.2. The van der Waals surface area contributed by atoms with E-state index in [-0.39, 0.29) is 17.9 Å². The van der Waals surface area contributed by atoms with Crippen molar-refractivity contribution in [3.63, 3.8) is 0 Å². The molecule has 0 saturated carbocycles. The zero-order valence-corrected chi connectivity index (χ0v) is 11.8. The molecule has 5 heteroatoms. The van der Waals surface area contributed by atoms with Crippen LogP contribution in [0, 0.1) is 17.6 Å². The van der Waals surface area contributed by atoms with Crippen LogP contribution >= 0.6 is 0 Å². The molecule has 0 spiro atoms. The Bertz CT molecular complexity index is 491. The molecule has 0 radical (unpaired) electrons. The lowest BCUT2D eigenvalue weighted by molar-refractivity contribution is -0.124. The smallest absolute Gasteiger partial charge is 0.222 e. The van der Waals surface area contributed by atoms with E-state index in [1.54, 1.807) is 0 Å². The highest BCUT2D eigenvalue weighted by Gasteiger charge is 2.24. The lowest BCUT2D eigenvalue weighted by atomic mass is 10.0. The molecule has 3 nitrogen and oxygen atoms in total. The van der Waals surface area contributed by atoms with Gasteiger partial charge in [0.2, 0.25) is 5.91 Å². The molecule has 0 aliphatic carbocycles. The van der Waals surface area contributed by atoms with Gasteiger partial charge in [0.05, 0.1) is 5.69 Å². The van der Waals surface area contributed by atoms with E-state index < -0.39 is 11.6 Å². The second kappa shape index (κ2) is 6.20. The number of hydrogen-bond donors (Lipinski definition) is 1. The number of amides is 1. The molecule has 1 heterocycles. The molecule has 20 heavy (non-hydrogen) atoms. The fourth-order valence-electron chi connectivity index (χ4n) is 2.42. The maximum absolute atomic E-state index is 13.8. The van der Waals surface area contributed by atoms with Crippen LogP contribution in [0.4, 0.5) is 14.5 Å². The Morgan fingerprint density at radius 1 is 1.40 bits per heavy atom. The third kappa shape index (κ3) is 3.46. The molecule has 1 atom stereocenters. The number of nitrogens with zero attached hydrogens (tertiary/aromatic N) is 1. The molecule has 1 saturated heterocycles. The molecule has 0 bridgehead atoms. The van der Waals surface area contributed by atoms with E-state index in [0.717, 1.165) is 25.5 Å². The fourth-order valence-corrected chi connectivity index (χ4v) is 2.42. The van der Waals surface area contributed by atoms with Crippen molar-refractivity contribution in [2.75, 3.05) is 18.0 Å². The van der Waals surface area contributed by atoms with Gasteiger partial charge >= 0.3 is 0 Å². The van der Waals surface area contributed by atoms with Crippen LogP contribution in [0.1, 0.15) is 26.7 Å². The first-order valence-electron chi connectivity index (χ1n) is 6.97. The summed E-state index contributed by atoms with van der Waals surface area (Å²) in [6.45, 7) is 4.96. The highest BCUT2D eigenvalue weighted by Crippen LogP contribution is 2.24. The number of nitrogens with one attached hydrogen (secondary N) is 1. The molecule has 1 aliphatic heterocycles. The molecular formula is C15H20F2N2O. The predicted octanol–water partition coefficient (Wildman–Crippen LogP) is 2.71. The van der Waals surface area contributed by atoms with Gasteiger partial charge in [-0.15, -0.1) is 0 Å². The summed E-state index contributed by atoms with van der Waals surface area (Å²) in [4.78, 5) is 13.6. The van der Waals surface area contributed by atoms with Crippen LogP contribution in [0.25, 0.3) is 0 Å². The molecular weight excluding hydrogens is 262 g/mol. The zero-order chi connectivity index (χ0) is 14.7. The molecule has 110 valence electrons. The monoisotopic (exact) mass is 282 g/mol. The zero-order valence-electron chi connectivity index (χ0n) is 11.8.